The number of rotatable bonds is 3. The molecule has 0 bridgehead atoms. The van der Waals surface area contributed by atoms with Crippen LogP contribution in [0.2, 0.25) is 0 Å². The normalized spacial score (nSPS) is 27.5. The fourth-order valence-corrected chi connectivity index (χ4v) is 2.40. The van der Waals surface area contributed by atoms with Crippen LogP contribution in [0.5, 0.6) is 0 Å². The van der Waals surface area contributed by atoms with Gasteiger partial charge in [0.1, 0.15) is 0 Å². The van der Waals surface area contributed by atoms with Gasteiger partial charge in [0.2, 0.25) is 5.91 Å². The molecule has 2 fully saturated rings. The van der Waals surface area contributed by atoms with Gasteiger partial charge in [-0.25, -0.2) is 0 Å². The Bertz CT molecular complexity index is 240. The maximum absolute atomic E-state index is 12.0. The van der Waals surface area contributed by atoms with Gasteiger partial charge in [-0.3, -0.25) is 4.79 Å². The quantitative estimate of drug-likeness (QED) is 0.737. The Labute approximate surface area is 92.0 Å². The van der Waals surface area contributed by atoms with Gasteiger partial charge in [0.05, 0.1) is 5.92 Å². The highest BCUT2D eigenvalue weighted by Gasteiger charge is 2.39. The monoisotopic (exact) mass is 210 g/mol. The molecule has 2 rings (SSSR count). The van der Waals surface area contributed by atoms with Gasteiger partial charge in [-0.2, -0.15) is 0 Å². The van der Waals surface area contributed by atoms with Crippen LogP contribution < -0.4 is 10.6 Å². The van der Waals surface area contributed by atoms with Crippen molar-refractivity contribution in [3.8, 4) is 0 Å². The Kier molecular flexibility index (Phi) is 3.01. The number of amides is 1. The first kappa shape index (κ1) is 10.9. The maximum Gasteiger partial charge on any atom is 0.224 e. The molecule has 1 saturated carbocycles. The Morgan fingerprint density at radius 3 is 2.60 bits per heavy atom. The molecule has 1 saturated heterocycles. The van der Waals surface area contributed by atoms with E-state index < -0.39 is 0 Å². The number of hydrogen-bond acceptors (Lipinski definition) is 2. The topological polar surface area (TPSA) is 41.1 Å². The summed E-state index contributed by atoms with van der Waals surface area (Å²) >= 11 is 0. The van der Waals surface area contributed by atoms with E-state index in [0.29, 0.717) is 5.92 Å². The van der Waals surface area contributed by atoms with Gasteiger partial charge in [-0.05, 0) is 52.0 Å². The highest BCUT2D eigenvalue weighted by Crippen LogP contribution is 2.39. The third kappa shape index (κ3) is 2.71. The lowest BCUT2D eigenvalue weighted by Crippen LogP contribution is -2.50. The first-order valence-corrected chi connectivity index (χ1v) is 6.12. The van der Waals surface area contributed by atoms with Crippen LogP contribution in [0.3, 0.4) is 0 Å². The highest BCUT2D eigenvalue weighted by atomic mass is 16.2. The van der Waals surface area contributed by atoms with E-state index in [1.807, 2.05) is 0 Å². The molecule has 3 heteroatoms. The van der Waals surface area contributed by atoms with Crippen molar-refractivity contribution in [2.45, 2.75) is 45.1 Å². The van der Waals surface area contributed by atoms with Crippen molar-refractivity contribution in [2.75, 3.05) is 13.1 Å². The van der Waals surface area contributed by atoms with Crippen molar-refractivity contribution in [1.29, 1.82) is 0 Å². The molecule has 1 heterocycles. The summed E-state index contributed by atoms with van der Waals surface area (Å²) in [6.45, 7) is 6.22. The SMILES string of the molecule is CC(C)(NC(=O)[C@@H]1CCCNC1)C1CC1. The number of carbonyl (C=O) groups excluding carboxylic acids is 1. The van der Waals surface area contributed by atoms with Crippen molar-refractivity contribution < 1.29 is 4.79 Å². The minimum atomic E-state index is 0.00846. The van der Waals surface area contributed by atoms with Gasteiger partial charge in [-0.1, -0.05) is 0 Å². The molecule has 1 aliphatic heterocycles. The second-order valence-electron chi connectivity index (χ2n) is 5.53. The second kappa shape index (κ2) is 4.12. The summed E-state index contributed by atoms with van der Waals surface area (Å²) in [6.07, 6.45) is 4.72. The molecule has 3 nitrogen and oxygen atoms in total. The van der Waals surface area contributed by atoms with Gasteiger partial charge < -0.3 is 10.6 Å². The van der Waals surface area contributed by atoms with Crippen molar-refractivity contribution in [3.63, 3.8) is 0 Å². The van der Waals surface area contributed by atoms with Crippen LogP contribution >= 0.6 is 0 Å². The molecule has 1 atom stereocenters. The molecule has 2 aliphatic rings. The lowest BCUT2D eigenvalue weighted by molar-refractivity contribution is -0.127. The average molecular weight is 210 g/mol. The lowest BCUT2D eigenvalue weighted by Gasteiger charge is -2.30. The van der Waals surface area contributed by atoms with Crippen LogP contribution in [0.25, 0.3) is 0 Å². The van der Waals surface area contributed by atoms with Crippen molar-refractivity contribution >= 4 is 5.91 Å². The van der Waals surface area contributed by atoms with Crippen LogP contribution in [0.4, 0.5) is 0 Å². The summed E-state index contributed by atoms with van der Waals surface area (Å²) in [5.41, 5.74) is 0.00846. The summed E-state index contributed by atoms with van der Waals surface area (Å²) in [5, 5.41) is 6.49. The van der Waals surface area contributed by atoms with Crippen molar-refractivity contribution in [1.82, 2.24) is 10.6 Å². The molecule has 2 N–H and O–H groups in total. The predicted octanol–water partition coefficient (Wildman–Crippen LogP) is 1.29. The zero-order valence-electron chi connectivity index (χ0n) is 9.81. The van der Waals surface area contributed by atoms with Crippen LogP contribution in [-0.2, 0) is 4.79 Å². The van der Waals surface area contributed by atoms with E-state index >= 15 is 0 Å². The lowest BCUT2D eigenvalue weighted by atomic mass is 9.94. The molecule has 86 valence electrons. The first-order valence-electron chi connectivity index (χ1n) is 6.12. The fourth-order valence-electron chi connectivity index (χ4n) is 2.40. The molecule has 0 aromatic heterocycles. The Morgan fingerprint density at radius 2 is 2.07 bits per heavy atom. The zero-order valence-corrected chi connectivity index (χ0v) is 9.81. The van der Waals surface area contributed by atoms with Gasteiger partial charge >= 0.3 is 0 Å². The van der Waals surface area contributed by atoms with E-state index in [-0.39, 0.29) is 17.4 Å². The smallest absolute Gasteiger partial charge is 0.224 e. The van der Waals surface area contributed by atoms with Gasteiger partial charge in [0.15, 0.2) is 0 Å². The van der Waals surface area contributed by atoms with Crippen molar-refractivity contribution in [3.05, 3.63) is 0 Å². The van der Waals surface area contributed by atoms with Crippen LogP contribution in [-0.4, -0.2) is 24.5 Å². The summed E-state index contributed by atoms with van der Waals surface area (Å²) < 4.78 is 0. The van der Waals surface area contributed by atoms with Crippen molar-refractivity contribution in [2.24, 2.45) is 11.8 Å². The number of piperidine rings is 1. The van der Waals surface area contributed by atoms with Crippen LogP contribution in [0, 0.1) is 11.8 Å². The average Bonchev–Trinajstić information content (AvgIpc) is 3.01. The number of carbonyl (C=O) groups is 1. The number of nitrogens with one attached hydrogen (secondary N) is 2. The predicted molar refractivity (Wildman–Crippen MR) is 60.5 cm³/mol. The standard InChI is InChI=1S/C12H22N2O/c1-12(2,10-5-6-10)14-11(15)9-4-3-7-13-8-9/h9-10,13H,3-8H2,1-2H3,(H,14,15)/t9-/m1/s1. The molecule has 15 heavy (non-hydrogen) atoms. The summed E-state index contributed by atoms with van der Waals surface area (Å²) in [7, 11) is 0. The van der Waals surface area contributed by atoms with E-state index in [9.17, 15) is 4.79 Å². The van der Waals surface area contributed by atoms with Crippen LogP contribution in [0.1, 0.15) is 39.5 Å². The molecule has 0 aromatic rings. The van der Waals surface area contributed by atoms with Gasteiger partial charge in [-0.15, -0.1) is 0 Å². The molecular formula is C12H22N2O. The first-order chi connectivity index (χ1) is 7.09. The second-order valence-corrected chi connectivity index (χ2v) is 5.53. The summed E-state index contributed by atoms with van der Waals surface area (Å²) in [4.78, 5) is 12.0. The fraction of sp³-hybridized carbons (Fsp3) is 0.917. The molecule has 0 unspecified atom stereocenters. The molecule has 1 amide bonds. The highest BCUT2D eigenvalue weighted by molar-refractivity contribution is 5.79. The number of hydrogen-bond donors (Lipinski definition) is 2. The minimum absolute atomic E-state index is 0.00846. The van der Waals surface area contributed by atoms with E-state index in [1.54, 1.807) is 0 Å². The van der Waals surface area contributed by atoms with Gasteiger partial charge in [0, 0.05) is 12.1 Å². The van der Waals surface area contributed by atoms with E-state index in [0.717, 1.165) is 25.9 Å². The Balaban J connectivity index is 1.84. The Hall–Kier alpha value is -0.570. The van der Waals surface area contributed by atoms with E-state index in [1.165, 1.54) is 12.8 Å². The third-order valence-electron chi connectivity index (χ3n) is 3.71. The molecule has 0 spiro atoms. The minimum Gasteiger partial charge on any atom is -0.351 e. The zero-order chi connectivity index (χ0) is 10.9. The molecule has 0 radical (unpaired) electrons. The summed E-state index contributed by atoms with van der Waals surface area (Å²) in [5.74, 6) is 1.15. The van der Waals surface area contributed by atoms with Crippen LogP contribution in [0.15, 0.2) is 0 Å². The van der Waals surface area contributed by atoms with E-state index in [4.69, 9.17) is 0 Å². The van der Waals surface area contributed by atoms with E-state index in [2.05, 4.69) is 24.5 Å². The maximum atomic E-state index is 12.0. The third-order valence-corrected chi connectivity index (χ3v) is 3.71. The molecule has 1 aliphatic carbocycles. The Morgan fingerprint density at radius 1 is 1.33 bits per heavy atom. The largest absolute Gasteiger partial charge is 0.351 e. The molecule has 0 aromatic carbocycles. The molecular weight excluding hydrogens is 188 g/mol. The summed E-state index contributed by atoms with van der Waals surface area (Å²) in [6, 6.07) is 0. The van der Waals surface area contributed by atoms with Gasteiger partial charge in [0.25, 0.3) is 0 Å².